The molecule has 8 heteroatoms. The molecule has 2 aromatic rings. The molecule has 1 aliphatic heterocycles. The van der Waals surface area contributed by atoms with Crippen LogP contribution in [0.1, 0.15) is 51.0 Å². The topological polar surface area (TPSA) is 82.7 Å². The van der Waals surface area contributed by atoms with Crippen LogP contribution in [-0.4, -0.2) is 65.7 Å². The number of carbonyl (C=O) groups is 3. The van der Waals surface area contributed by atoms with Gasteiger partial charge >= 0.3 is 5.97 Å². The summed E-state index contributed by atoms with van der Waals surface area (Å²) in [5.74, 6) is -1.13. The van der Waals surface area contributed by atoms with E-state index in [2.05, 4.69) is 9.88 Å². The summed E-state index contributed by atoms with van der Waals surface area (Å²) in [6.45, 7) is 6.51. The highest BCUT2D eigenvalue weighted by molar-refractivity contribution is 6.01. The third-order valence-electron chi connectivity index (χ3n) is 5.66. The van der Waals surface area contributed by atoms with Gasteiger partial charge in [-0.1, -0.05) is 12.1 Å². The molecule has 1 N–H and O–H groups in total. The van der Waals surface area contributed by atoms with E-state index in [1.807, 2.05) is 0 Å². The van der Waals surface area contributed by atoms with Crippen molar-refractivity contribution in [3.63, 3.8) is 0 Å². The molecule has 0 saturated carbocycles. The molecule has 0 atom stereocenters. The van der Waals surface area contributed by atoms with Crippen molar-refractivity contribution in [2.24, 2.45) is 0 Å². The third kappa shape index (κ3) is 5.38. The fourth-order valence-electron chi connectivity index (χ4n) is 4.01. The lowest BCUT2D eigenvalue weighted by Gasteiger charge is -2.22. The zero-order chi connectivity index (χ0) is 22.5. The number of aromatic amines is 1. The van der Waals surface area contributed by atoms with Crippen LogP contribution in [0, 0.1) is 12.7 Å². The van der Waals surface area contributed by atoms with Gasteiger partial charge in [0.15, 0.2) is 5.78 Å². The molecule has 1 saturated heterocycles. The van der Waals surface area contributed by atoms with Gasteiger partial charge in [0.1, 0.15) is 5.82 Å². The van der Waals surface area contributed by atoms with Crippen LogP contribution in [0.5, 0.6) is 0 Å². The fourth-order valence-corrected chi connectivity index (χ4v) is 4.01. The van der Waals surface area contributed by atoms with E-state index >= 15 is 0 Å². The number of nitrogens with one attached hydrogen (secondary N) is 1. The summed E-state index contributed by atoms with van der Waals surface area (Å²) in [6, 6.07) is 6.46. The maximum Gasteiger partial charge on any atom is 0.339 e. The average Bonchev–Trinajstić information content (AvgIpc) is 2.90. The highest BCUT2D eigenvalue weighted by Crippen LogP contribution is 2.21. The highest BCUT2D eigenvalue weighted by Gasteiger charge is 2.26. The van der Waals surface area contributed by atoms with E-state index in [1.165, 1.54) is 26.2 Å². The lowest BCUT2D eigenvalue weighted by atomic mass is 10.1. The van der Waals surface area contributed by atoms with Crippen molar-refractivity contribution in [3.05, 3.63) is 58.2 Å². The number of benzene rings is 1. The second-order valence-corrected chi connectivity index (χ2v) is 7.84. The Morgan fingerprint density at radius 2 is 1.81 bits per heavy atom. The number of rotatable bonds is 6. The van der Waals surface area contributed by atoms with Gasteiger partial charge in [-0.25, -0.2) is 9.18 Å². The number of methoxy groups -OCH3 is 1. The van der Waals surface area contributed by atoms with Crippen LogP contribution >= 0.6 is 0 Å². The molecule has 2 heterocycles. The Morgan fingerprint density at radius 3 is 2.45 bits per heavy atom. The van der Waals surface area contributed by atoms with E-state index in [9.17, 15) is 18.8 Å². The van der Waals surface area contributed by atoms with Gasteiger partial charge in [0, 0.05) is 45.3 Å². The first-order valence-electron chi connectivity index (χ1n) is 10.4. The minimum absolute atomic E-state index is 0.00346. The summed E-state index contributed by atoms with van der Waals surface area (Å²) in [7, 11) is 1.28. The number of esters is 1. The van der Waals surface area contributed by atoms with Gasteiger partial charge in [0.05, 0.1) is 24.8 Å². The van der Waals surface area contributed by atoms with Gasteiger partial charge in [-0.15, -0.1) is 0 Å². The second-order valence-electron chi connectivity index (χ2n) is 7.84. The summed E-state index contributed by atoms with van der Waals surface area (Å²) in [4.78, 5) is 44.1. The summed E-state index contributed by atoms with van der Waals surface area (Å²) >= 11 is 0. The first-order valence-corrected chi connectivity index (χ1v) is 10.4. The molecule has 7 nitrogen and oxygen atoms in total. The molecular weight excluding hydrogens is 401 g/mol. The van der Waals surface area contributed by atoms with Crippen LogP contribution < -0.4 is 0 Å². The Bertz CT molecular complexity index is 968. The summed E-state index contributed by atoms with van der Waals surface area (Å²) in [5, 5.41) is 0. The van der Waals surface area contributed by atoms with Crippen LogP contribution in [0.25, 0.3) is 0 Å². The lowest BCUT2D eigenvalue weighted by molar-refractivity contribution is -0.130. The zero-order valence-corrected chi connectivity index (χ0v) is 18.2. The van der Waals surface area contributed by atoms with Crippen molar-refractivity contribution < 1.29 is 23.5 Å². The molecule has 0 radical (unpaired) electrons. The quantitative estimate of drug-likeness (QED) is 0.564. The first-order chi connectivity index (χ1) is 14.8. The molecule has 0 unspecified atom stereocenters. The van der Waals surface area contributed by atoms with Crippen LogP contribution in [0.4, 0.5) is 4.39 Å². The van der Waals surface area contributed by atoms with E-state index in [1.54, 1.807) is 24.0 Å². The highest BCUT2D eigenvalue weighted by atomic mass is 19.1. The van der Waals surface area contributed by atoms with Crippen LogP contribution in [-0.2, 0) is 22.5 Å². The van der Waals surface area contributed by atoms with Crippen molar-refractivity contribution >= 4 is 17.7 Å². The van der Waals surface area contributed by atoms with E-state index in [4.69, 9.17) is 4.74 Å². The second kappa shape index (κ2) is 9.87. The number of hydrogen-bond acceptors (Lipinski definition) is 5. The molecule has 31 heavy (non-hydrogen) atoms. The minimum Gasteiger partial charge on any atom is -0.465 e. The number of halogens is 1. The molecule has 166 valence electrons. The SMILES string of the molecule is COC(=O)c1c(CC(=O)N2CCCN(Cc3ccc(F)cc3)CC2)[nH]c(C(C)=O)c1C. The molecule has 3 rings (SSSR count). The average molecular weight is 429 g/mol. The largest absolute Gasteiger partial charge is 0.465 e. The Morgan fingerprint density at radius 1 is 1.10 bits per heavy atom. The molecule has 0 bridgehead atoms. The molecule has 1 amide bonds. The van der Waals surface area contributed by atoms with Crippen LogP contribution in [0.2, 0.25) is 0 Å². The van der Waals surface area contributed by atoms with Crippen molar-refractivity contribution in [1.29, 1.82) is 0 Å². The number of aromatic nitrogens is 1. The summed E-state index contributed by atoms with van der Waals surface area (Å²) in [6.07, 6.45) is 0.815. The van der Waals surface area contributed by atoms with Gasteiger partial charge in [0.2, 0.25) is 5.91 Å². The first kappa shape index (κ1) is 22.7. The predicted octanol–water partition coefficient (Wildman–Crippen LogP) is 2.73. The molecule has 0 aliphatic carbocycles. The summed E-state index contributed by atoms with van der Waals surface area (Å²) < 4.78 is 18.0. The van der Waals surface area contributed by atoms with Gasteiger partial charge in [-0.05, 0) is 36.6 Å². The number of Topliss-reactive ketones (excluding diaryl/α,β-unsaturated/α-hetero) is 1. The Balaban J connectivity index is 1.67. The maximum absolute atomic E-state index is 13.1. The number of ether oxygens (including phenoxy) is 1. The normalized spacial score (nSPS) is 14.9. The number of H-pyrrole nitrogens is 1. The van der Waals surface area contributed by atoms with E-state index < -0.39 is 5.97 Å². The van der Waals surface area contributed by atoms with Crippen molar-refractivity contribution in [3.8, 4) is 0 Å². The van der Waals surface area contributed by atoms with Gasteiger partial charge in [-0.3, -0.25) is 14.5 Å². The van der Waals surface area contributed by atoms with Crippen molar-refractivity contribution in [1.82, 2.24) is 14.8 Å². The van der Waals surface area contributed by atoms with Crippen molar-refractivity contribution in [2.45, 2.75) is 33.2 Å². The number of hydrogen-bond donors (Lipinski definition) is 1. The lowest BCUT2D eigenvalue weighted by Crippen LogP contribution is -2.36. The van der Waals surface area contributed by atoms with E-state index in [0.717, 1.165) is 18.5 Å². The molecular formula is C23H28FN3O4. The number of amides is 1. The zero-order valence-electron chi connectivity index (χ0n) is 18.2. The molecule has 1 aromatic carbocycles. The number of carbonyl (C=O) groups excluding carboxylic acids is 3. The fraction of sp³-hybridized carbons (Fsp3) is 0.435. The monoisotopic (exact) mass is 429 g/mol. The van der Waals surface area contributed by atoms with Gasteiger partial charge in [0.25, 0.3) is 0 Å². The standard InChI is InChI=1S/C23H28FN3O4/c1-15-21(23(30)31-3)19(25-22(15)16(2)28)13-20(29)27-10-4-9-26(11-12-27)14-17-5-7-18(24)8-6-17/h5-8,25H,4,9-14H2,1-3H3. The Labute approximate surface area is 181 Å². The molecule has 1 fully saturated rings. The van der Waals surface area contributed by atoms with E-state index in [0.29, 0.717) is 43.1 Å². The van der Waals surface area contributed by atoms with E-state index in [-0.39, 0.29) is 29.5 Å². The predicted molar refractivity (Wildman–Crippen MR) is 113 cm³/mol. The number of nitrogens with zero attached hydrogens (tertiary/aromatic N) is 2. The Kier molecular flexibility index (Phi) is 7.22. The van der Waals surface area contributed by atoms with Gasteiger partial charge in [-0.2, -0.15) is 0 Å². The number of ketones is 1. The maximum atomic E-state index is 13.1. The molecule has 1 aromatic heterocycles. The van der Waals surface area contributed by atoms with Crippen molar-refractivity contribution in [2.75, 3.05) is 33.3 Å². The molecule has 0 spiro atoms. The third-order valence-corrected chi connectivity index (χ3v) is 5.66. The Hall–Kier alpha value is -3.00. The summed E-state index contributed by atoms with van der Waals surface area (Å²) in [5.41, 5.74) is 2.52. The molecule has 1 aliphatic rings. The van der Waals surface area contributed by atoms with Gasteiger partial charge < -0.3 is 14.6 Å². The van der Waals surface area contributed by atoms with Crippen LogP contribution in [0.3, 0.4) is 0 Å². The van der Waals surface area contributed by atoms with Crippen LogP contribution in [0.15, 0.2) is 24.3 Å². The minimum atomic E-state index is -0.564. The smallest absolute Gasteiger partial charge is 0.339 e.